The second kappa shape index (κ2) is 12.8. The van der Waals surface area contributed by atoms with Crippen LogP contribution in [0.25, 0.3) is 0 Å². The lowest BCUT2D eigenvalue weighted by molar-refractivity contribution is 0.189. The van der Waals surface area contributed by atoms with Crippen molar-refractivity contribution in [1.82, 2.24) is 0 Å². The Kier molecular flexibility index (Phi) is 11.6. The summed E-state index contributed by atoms with van der Waals surface area (Å²) >= 11 is -1.53. The zero-order valence-electron chi connectivity index (χ0n) is 13.1. The van der Waals surface area contributed by atoms with Crippen molar-refractivity contribution in [1.29, 1.82) is 0 Å². The van der Waals surface area contributed by atoms with Gasteiger partial charge in [0.1, 0.15) is 0 Å². The topological polar surface area (TPSA) is 35.5 Å². The van der Waals surface area contributed by atoms with Crippen molar-refractivity contribution in [3.8, 4) is 0 Å². The molecular formula is C16H32O3S. The fourth-order valence-corrected chi connectivity index (χ4v) is 3.35. The zero-order chi connectivity index (χ0) is 14.5. The monoisotopic (exact) mass is 304 g/mol. The first-order valence-electron chi connectivity index (χ1n) is 8.51. The van der Waals surface area contributed by atoms with E-state index in [2.05, 4.69) is 6.92 Å². The highest BCUT2D eigenvalue weighted by Crippen LogP contribution is 2.23. The maximum Gasteiger partial charge on any atom is 0.304 e. The summed E-state index contributed by atoms with van der Waals surface area (Å²) in [5, 5.41) is 0. The molecule has 0 aromatic carbocycles. The van der Waals surface area contributed by atoms with E-state index < -0.39 is 11.4 Å². The molecule has 1 fully saturated rings. The van der Waals surface area contributed by atoms with Crippen molar-refractivity contribution in [2.45, 2.75) is 84.0 Å². The van der Waals surface area contributed by atoms with Gasteiger partial charge in [-0.2, -0.15) is 4.21 Å². The minimum absolute atomic E-state index is 0.561. The summed E-state index contributed by atoms with van der Waals surface area (Å²) in [6.07, 6.45) is 15.1. The van der Waals surface area contributed by atoms with Gasteiger partial charge in [-0.05, 0) is 25.2 Å². The molecule has 1 rings (SSSR count). The largest absolute Gasteiger partial charge is 0.304 e. The molecule has 0 amide bonds. The summed E-state index contributed by atoms with van der Waals surface area (Å²) in [4.78, 5) is 0. The first kappa shape index (κ1) is 18.1. The molecule has 4 heteroatoms. The molecule has 0 aromatic heterocycles. The highest BCUT2D eigenvalue weighted by atomic mass is 32.2. The molecule has 0 spiro atoms. The molecule has 1 aliphatic rings. The maximum absolute atomic E-state index is 11.5. The summed E-state index contributed by atoms with van der Waals surface area (Å²) in [5.74, 6) is 0.592. The maximum atomic E-state index is 11.5. The lowest BCUT2D eigenvalue weighted by atomic mass is 9.90. The lowest BCUT2D eigenvalue weighted by Crippen LogP contribution is -2.15. The third kappa shape index (κ3) is 9.89. The normalized spacial score (nSPS) is 18.2. The fraction of sp³-hybridized carbons (Fsp3) is 1.00. The highest BCUT2D eigenvalue weighted by molar-refractivity contribution is 7.75. The summed E-state index contributed by atoms with van der Waals surface area (Å²) in [6.45, 7) is 3.39. The second-order valence-electron chi connectivity index (χ2n) is 5.94. The molecule has 1 saturated carbocycles. The summed E-state index contributed by atoms with van der Waals surface area (Å²) in [7, 11) is 0. The predicted octanol–water partition coefficient (Wildman–Crippen LogP) is 4.93. The molecule has 0 heterocycles. The van der Waals surface area contributed by atoms with Gasteiger partial charge in [-0.1, -0.05) is 64.7 Å². The van der Waals surface area contributed by atoms with Crippen molar-refractivity contribution >= 4 is 11.4 Å². The van der Waals surface area contributed by atoms with Crippen LogP contribution in [0.15, 0.2) is 0 Å². The molecule has 1 aliphatic carbocycles. The van der Waals surface area contributed by atoms with Gasteiger partial charge in [-0.3, -0.25) is 8.37 Å². The van der Waals surface area contributed by atoms with Crippen LogP contribution in [0.1, 0.15) is 84.0 Å². The molecule has 0 radical (unpaired) electrons. The standard InChI is InChI=1S/C16H32O3S/c1-2-3-4-5-6-7-11-14-18-20(17)19-15-16-12-9-8-10-13-16/h16H,2-15H2,1H3. The molecule has 0 saturated heterocycles. The Morgan fingerprint density at radius 2 is 1.55 bits per heavy atom. The first-order chi connectivity index (χ1) is 9.83. The molecule has 0 aliphatic heterocycles. The van der Waals surface area contributed by atoms with E-state index in [9.17, 15) is 4.21 Å². The molecule has 3 nitrogen and oxygen atoms in total. The van der Waals surface area contributed by atoms with E-state index in [1.807, 2.05) is 0 Å². The Morgan fingerprint density at radius 3 is 2.25 bits per heavy atom. The van der Waals surface area contributed by atoms with Gasteiger partial charge >= 0.3 is 11.4 Å². The van der Waals surface area contributed by atoms with Crippen LogP contribution in [0.3, 0.4) is 0 Å². The Bertz CT molecular complexity index is 240. The SMILES string of the molecule is CCCCCCCCCOS(=O)OCC1CCCCC1. The second-order valence-corrected chi connectivity index (χ2v) is 6.82. The number of unbranched alkanes of at least 4 members (excludes halogenated alkanes) is 6. The van der Waals surface area contributed by atoms with Gasteiger partial charge in [0.25, 0.3) is 0 Å². The van der Waals surface area contributed by atoms with E-state index in [0.29, 0.717) is 19.1 Å². The van der Waals surface area contributed by atoms with E-state index in [0.717, 1.165) is 6.42 Å². The molecule has 1 unspecified atom stereocenters. The Balaban J connectivity index is 1.84. The quantitative estimate of drug-likeness (QED) is 0.480. The van der Waals surface area contributed by atoms with Crippen molar-refractivity contribution in [2.75, 3.05) is 13.2 Å². The smallest absolute Gasteiger partial charge is 0.268 e. The van der Waals surface area contributed by atoms with Gasteiger partial charge < -0.3 is 0 Å². The average Bonchev–Trinajstić information content (AvgIpc) is 2.49. The highest BCUT2D eigenvalue weighted by Gasteiger charge is 2.15. The van der Waals surface area contributed by atoms with E-state index in [1.54, 1.807) is 0 Å². The summed E-state index contributed by atoms with van der Waals surface area (Å²) in [6, 6.07) is 0. The van der Waals surface area contributed by atoms with Crippen molar-refractivity contribution < 1.29 is 12.6 Å². The number of hydrogen-bond donors (Lipinski definition) is 0. The van der Waals surface area contributed by atoms with E-state index >= 15 is 0 Å². The Morgan fingerprint density at radius 1 is 0.900 bits per heavy atom. The molecule has 20 heavy (non-hydrogen) atoms. The van der Waals surface area contributed by atoms with Gasteiger partial charge in [-0.15, -0.1) is 0 Å². The summed E-state index contributed by atoms with van der Waals surface area (Å²) < 4.78 is 22.0. The van der Waals surface area contributed by atoms with Crippen molar-refractivity contribution in [3.05, 3.63) is 0 Å². The molecule has 0 bridgehead atoms. The van der Waals surface area contributed by atoms with Crippen LogP contribution >= 0.6 is 0 Å². The van der Waals surface area contributed by atoms with Crippen molar-refractivity contribution in [2.24, 2.45) is 5.92 Å². The van der Waals surface area contributed by atoms with Gasteiger partial charge in [0.2, 0.25) is 0 Å². The van der Waals surface area contributed by atoms with Crippen LogP contribution in [-0.2, 0) is 19.7 Å². The third-order valence-electron chi connectivity index (χ3n) is 4.05. The van der Waals surface area contributed by atoms with Gasteiger partial charge in [0.15, 0.2) is 0 Å². The molecule has 0 aromatic rings. The van der Waals surface area contributed by atoms with Crippen LogP contribution in [0.5, 0.6) is 0 Å². The number of rotatable bonds is 12. The fourth-order valence-electron chi connectivity index (χ4n) is 2.73. The minimum atomic E-state index is -1.53. The van der Waals surface area contributed by atoms with E-state index in [4.69, 9.17) is 8.37 Å². The van der Waals surface area contributed by atoms with Crippen LogP contribution < -0.4 is 0 Å². The molecule has 120 valence electrons. The van der Waals surface area contributed by atoms with Crippen LogP contribution in [0.4, 0.5) is 0 Å². The zero-order valence-corrected chi connectivity index (χ0v) is 13.9. The number of hydrogen-bond acceptors (Lipinski definition) is 3. The first-order valence-corrected chi connectivity index (χ1v) is 9.51. The minimum Gasteiger partial charge on any atom is -0.268 e. The predicted molar refractivity (Wildman–Crippen MR) is 84.6 cm³/mol. The molecule has 0 N–H and O–H groups in total. The Hall–Kier alpha value is 0.0700. The lowest BCUT2D eigenvalue weighted by Gasteiger charge is -2.20. The van der Waals surface area contributed by atoms with Gasteiger partial charge in [0, 0.05) is 0 Å². The van der Waals surface area contributed by atoms with Crippen molar-refractivity contribution in [3.63, 3.8) is 0 Å². The van der Waals surface area contributed by atoms with Crippen LogP contribution in [0.2, 0.25) is 0 Å². The van der Waals surface area contributed by atoms with Crippen LogP contribution in [0, 0.1) is 5.92 Å². The molecule has 1 atom stereocenters. The summed E-state index contributed by atoms with van der Waals surface area (Å²) in [5.41, 5.74) is 0. The van der Waals surface area contributed by atoms with Gasteiger partial charge in [-0.25, -0.2) is 0 Å². The van der Waals surface area contributed by atoms with Gasteiger partial charge in [0.05, 0.1) is 13.2 Å². The third-order valence-corrected chi connectivity index (χ3v) is 4.74. The van der Waals surface area contributed by atoms with E-state index in [-0.39, 0.29) is 0 Å². The average molecular weight is 304 g/mol. The van der Waals surface area contributed by atoms with Crippen LogP contribution in [-0.4, -0.2) is 17.4 Å². The molecular weight excluding hydrogens is 272 g/mol. The Labute approximate surface area is 127 Å². The van der Waals surface area contributed by atoms with E-state index in [1.165, 1.54) is 70.6 Å².